The van der Waals surface area contributed by atoms with Gasteiger partial charge in [-0.3, -0.25) is 4.98 Å². The normalized spacial score (nSPS) is 14.2. The molecule has 1 aromatic carbocycles. The van der Waals surface area contributed by atoms with Crippen LogP contribution in [0.4, 0.5) is 0 Å². The molecule has 0 radical (unpaired) electrons. The van der Waals surface area contributed by atoms with E-state index in [-0.39, 0.29) is 0 Å². The summed E-state index contributed by atoms with van der Waals surface area (Å²) in [5.41, 5.74) is 8.28. The average Bonchev–Trinajstić information content (AvgIpc) is 2.47. The van der Waals surface area contributed by atoms with E-state index in [1.807, 2.05) is 6.20 Å². The molecule has 1 nitrogen and oxygen atoms in total. The molecule has 19 heavy (non-hydrogen) atoms. The number of rotatable bonds is 2. The van der Waals surface area contributed by atoms with Crippen LogP contribution < -0.4 is 0 Å². The highest BCUT2D eigenvalue weighted by molar-refractivity contribution is 5.67. The van der Waals surface area contributed by atoms with Crippen molar-refractivity contribution < 1.29 is 0 Å². The molecule has 3 rings (SSSR count). The van der Waals surface area contributed by atoms with Gasteiger partial charge in [-0.2, -0.15) is 0 Å². The molecule has 2 aromatic rings. The van der Waals surface area contributed by atoms with E-state index in [4.69, 9.17) is 0 Å². The maximum absolute atomic E-state index is 4.63. The van der Waals surface area contributed by atoms with Gasteiger partial charge in [0.1, 0.15) is 0 Å². The van der Waals surface area contributed by atoms with Crippen LogP contribution in [0.25, 0.3) is 11.3 Å². The fourth-order valence-electron chi connectivity index (χ4n) is 2.99. The number of nitrogens with zero attached hydrogens (tertiary/aromatic N) is 1. The summed E-state index contributed by atoms with van der Waals surface area (Å²) in [6, 6.07) is 9.09. The molecule has 0 bridgehead atoms. The van der Waals surface area contributed by atoms with Crippen LogP contribution in [-0.4, -0.2) is 4.98 Å². The van der Waals surface area contributed by atoms with E-state index in [1.165, 1.54) is 42.4 Å². The number of aromatic nitrogens is 1. The van der Waals surface area contributed by atoms with Gasteiger partial charge in [0.25, 0.3) is 0 Å². The Bertz CT molecular complexity index is 581. The van der Waals surface area contributed by atoms with Gasteiger partial charge in [-0.05, 0) is 73.4 Å². The molecule has 0 atom stereocenters. The van der Waals surface area contributed by atoms with Crippen LogP contribution >= 0.6 is 0 Å². The molecular formula is C18H21N. The largest absolute Gasteiger partial charge is 0.256 e. The van der Waals surface area contributed by atoms with E-state index in [2.05, 4.69) is 43.1 Å². The van der Waals surface area contributed by atoms with Gasteiger partial charge in [0.05, 0.1) is 5.69 Å². The Balaban J connectivity index is 2.15. The summed E-state index contributed by atoms with van der Waals surface area (Å²) in [6.07, 6.45) is 8.18. The molecule has 0 unspecified atom stereocenters. The van der Waals surface area contributed by atoms with Crippen molar-refractivity contribution in [2.45, 2.75) is 46.0 Å². The molecule has 1 aliphatic carbocycles. The third kappa shape index (κ3) is 2.42. The van der Waals surface area contributed by atoms with Crippen LogP contribution in [0.1, 0.15) is 42.0 Å². The number of pyridine rings is 1. The van der Waals surface area contributed by atoms with Crippen molar-refractivity contribution in [2.24, 2.45) is 0 Å². The monoisotopic (exact) mass is 251 g/mol. The molecule has 0 fully saturated rings. The van der Waals surface area contributed by atoms with Gasteiger partial charge in [-0.15, -0.1) is 0 Å². The molecule has 0 saturated heterocycles. The second-order valence-electron chi connectivity index (χ2n) is 5.56. The molecule has 1 aromatic heterocycles. The highest BCUT2D eigenvalue weighted by Gasteiger charge is 2.16. The lowest BCUT2D eigenvalue weighted by Crippen LogP contribution is -2.06. The summed E-state index contributed by atoms with van der Waals surface area (Å²) in [5.74, 6) is 0. The second kappa shape index (κ2) is 5.16. The van der Waals surface area contributed by atoms with Crippen molar-refractivity contribution >= 4 is 0 Å². The van der Waals surface area contributed by atoms with Crippen molar-refractivity contribution in [1.29, 1.82) is 0 Å². The fourth-order valence-corrected chi connectivity index (χ4v) is 2.99. The lowest BCUT2D eigenvalue weighted by molar-refractivity contribution is 0.685. The van der Waals surface area contributed by atoms with E-state index in [9.17, 15) is 0 Å². The van der Waals surface area contributed by atoms with E-state index in [0.29, 0.717) is 0 Å². The first-order valence-corrected chi connectivity index (χ1v) is 7.35. The number of aryl methyl sites for hydroxylation is 3. The SMILES string of the molecule is CCc1cc2c(c(-c3ccc(C)cn3)c1)CCCC2. The molecule has 1 aliphatic rings. The summed E-state index contributed by atoms with van der Waals surface area (Å²) in [6.45, 7) is 4.33. The summed E-state index contributed by atoms with van der Waals surface area (Å²) in [4.78, 5) is 4.63. The zero-order valence-corrected chi connectivity index (χ0v) is 11.9. The van der Waals surface area contributed by atoms with Crippen LogP contribution in [0.2, 0.25) is 0 Å². The summed E-state index contributed by atoms with van der Waals surface area (Å²) < 4.78 is 0. The summed E-state index contributed by atoms with van der Waals surface area (Å²) in [5, 5.41) is 0. The van der Waals surface area contributed by atoms with Crippen LogP contribution in [-0.2, 0) is 19.3 Å². The molecule has 0 spiro atoms. The zero-order valence-electron chi connectivity index (χ0n) is 11.9. The first-order valence-electron chi connectivity index (χ1n) is 7.35. The van der Waals surface area contributed by atoms with E-state index in [1.54, 1.807) is 11.1 Å². The quantitative estimate of drug-likeness (QED) is 0.766. The molecule has 0 saturated carbocycles. The number of hydrogen-bond donors (Lipinski definition) is 0. The lowest BCUT2D eigenvalue weighted by atomic mass is 9.85. The van der Waals surface area contributed by atoms with Gasteiger partial charge >= 0.3 is 0 Å². The van der Waals surface area contributed by atoms with Crippen molar-refractivity contribution in [3.63, 3.8) is 0 Å². The minimum Gasteiger partial charge on any atom is -0.256 e. The van der Waals surface area contributed by atoms with E-state index < -0.39 is 0 Å². The zero-order chi connectivity index (χ0) is 13.2. The molecule has 1 heterocycles. The van der Waals surface area contributed by atoms with Gasteiger partial charge in [0, 0.05) is 11.8 Å². The molecule has 0 amide bonds. The Kier molecular flexibility index (Phi) is 3.37. The molecular weight excluding hydrogens is 230 g/mol. The van der Waals surface area contributed by atoms with Gasteiger partial charge < -0.3 is 0 Å². The molecule has 0 N–H and O–H groups in total. The van der Waals surface area contributed by atoms with Crippen LogP contribution in [0.15, 0.2) is 30.5 Å². The standard InChI is InChI=1S/C18H21N/c1-3-14-10-15-6-4-5-7-16(15)17(11-14)18-9-8-13(2)12-19-18/h8-12H,3-7H2,1-2H3. The highest BCUT2D eigenvalue weighted by atomic mass is 14.7. The van der Waals surface area contributed by atoms with Gasteiger partial charge in [0.2, 0.25) is 0 Å². The maximum Gasteiger partial charge on any atom is 0.0705 e. The minimum absolute atomic E-state index is 1.10. The first-order chi connectivity index (χ1) is 9.28. The Hall–Kier alpha value is -1.63. The van der Waals surface area contributed by atoms with Crippen LogP contribution in [0.3, 0.4) is 0 Å². The molecule has 98 valence electrons. The Morgan fingerprint density at radius 2 is 1.95 bits per heavy atom. The van der Waals surface area contributed by atoms with Gasteiger partial charge in [0.15, 0.2) is 0 Å². The maximum atomic E-state index is 4.63. The van der Waals surface area contributed by atoms with Gasteiger partial charge in [-0.25, -0.2) is 0 Å². The van der Waals surface area contributed by atoms with E-state index >= 15 is 0 Å². The third-order valence-corrected chi connectivity index (χ3v) is 4.12. The topological polar surface area (TPSA) is 12.9 Å². The van der Waals surface area contributed by atoms with Crippen molar-refractivity contribution in [1.82, 2.24) is 4.98 Å². The third-order valence-electron chi connectivity index (χ3n) is 4.12. The van der Waals surface area contributed by atoms with E-state index in [0.717, 1.165) is 12.1 Å². The van der Waals surface area contributed by atoms with Crippen LogP contribution in [0.5, 0.6) is 0 Å². The highest BCUT2D eigenvalue weighted by Crippen LogP contribution is 2.32. The van der Waals surface area contributed by atoms with Crippen molar-refractivity contribution in [3.8, 4) is 11.3 Å². The number of benzene rings is 1. The number of fused-ring (bicyclic) bond motifs is 1. The summed E-state index contributed by atoms with van der Waals surface area (Å²) in [7, 11) is 0. The predicted molar refractivity (Wildman–Crippen MR) is 80.4 cm³/mol. The van der Waals surface area contributed by atoms with Crippen LogP contribution in [0, 0.1) is 6.92 Å². The fraction of sp³-hybridized carbons (Fsp3) is 0.389. The van der Waals surface area contributed by atoms with Crippen molar-refractivity contribution in [3.05, 3.63) is 52.7 Å². The average molecular weight is 251 g/mol. The Labute approximate surface area is 115 Å². The van der Waals surface area contributed by atoms with Crippen molar-refractivity contribution in [2.75, 3.05) is 0 Å². The Morgan fingerprint density at radius 3 is 2.68 bits per heavy atom. The summed E-state index contributed by atoms with van der Waals surface area (Å²) >= 11 is 0. The predicted octanol–water partition coefficient (Wildman–Crippen LogP) is 4.50. The first kappa shape index (κ1) is 12.4. The smallest absolute Gasteiger partial charge is 0.0705 e. The molecule has 1 heteroatoms. The lowest BCUT2D eigenvalue weighted by Gasteiger charge is -2.20. The second-order valence-corrected chi connectivity index (χ2v) is 5.56. The number of hydrogen-bond acceptors (Lipinski definition) is 1. The Morgan fingerprint density at radius 1 is 1.11 bits per heavy atom. The minimum atomic E-state index is 1.10. The molecule has 0 aliphatic heterocycles. The van der Waals surface area contributed by atoms with Gasteiger partial charge in [-0.1, -0.05) is 19.1 Å².